The summed E-state index contributed by atoms with van der Waals surface area (Å²) in [7, 11) is -7.80. The summed E-state index contributed by atoms with van der Waals surface area (Å²) in [5.41, 5.74) is 1.35. The summed E-state index contributed by atoms with van der Waals surface area (Å²) in [6.45, 7) is 2.55. The van der Waals surface area contributed by atoms with Crippen LogP contribution in [0.1, 0.15) is 5.56 Å². The molecule has 0 amide bonds. The first-order valence-electron chi connectivity index (χ1n) is 9.46. The van der Waals surface area contributed by atoms with E-state index in [1.165, 1.54) is 48.5 Å². The molecule has 3 aromatic carbocycles. The van der Waals surface area contributed by atoms with Crippen LogP contribution in [0.5, 0.6) is 11.5 Å². The van der Waals surface area contributed by atoms with Crippen LogP contribution in [0.25, 0.3) is 0 Å². The second kappa shape index (κ2) is 8.53. The van der Waals surface area contributed by atoms with Crippen LogP contribution in [-0.4, -0.2) is 30.0 Å². The molecule has 0 spiro atoms. The third-order valence-electron chi connectivity index (χ3n) is 4.66. The molecular weight excluding hydrogens is 476 g/mol. The predicted molar refractivity (Wildman–Crippen MR) is 122 cm³/mol. The zero-order chi connectivity index (χ0) is 22.9. The summed E-state index contributed by atoms with van der Waals surface area (Å²) in [5.74, 6) is 0.829. The Labute approximate surface area is 191 Å². The topological polar surface area (TPSA) is 111 Å². The van der Waals surface area contributed by atoms with Crippen LogP contribution in [0.3, 0.4) is 0 Å². The van der Waals surface area contributed by atoms with Gasteiger partial charge in [-0.25, -0.2) is 16.8 Å². The molecule has 0 bridgehead atoms. The van der Waals surface area contributed by atoms with Gasteiger partial charge in [0.25, 0.3) is 20.0 Å². The van der Waals surface area contributed by atoms with Gasteiger partial charge in [0.2, 0.25) is 0 Å². The molecule has 1 heterocycles. The minimum Gasteiger partial charge on any atom is -0.486 e. The second-order valence-electron chi connectivity index (χ2n) is 7.00. The molecule has 11 heteroatoms. The number of aryl methyl sites for hydroxylation is 1. The van der Waals surface area contributed by atoms with Crippen molar-refractivity contribution < 1.29 is 26.3 Å². The maximum absolute atomic E-state index is 12.7. The Morgan fingerprint density at radius 1 is 0.719 bits per heavy atom. The molecule has 2 N–H and O–H groups in total. The van der Waals surface area contributed by atoms with Crippen molar-refractivity contribution in [1.29, 1.82) is 0 Å². The SMILES string of the molecule is Cc1ccc(NS(=O)(=O)c2ccc(NS(=O)(=O)c3ccc4c(c3)OCCO4)cc2)cc1Cl. The highest BCUT2D eigenvalue weighted by atomic mass is 35.5. The number of sulfonamides is 2. The lowest BCUT2D eigenvalue weighted by Gasteiger charge is -2.19. The smallest absolute Gasteiger partial charge is 0.262 e. The minimum absolute atomic E-state index is 0.00337. The fourth-order valence-electron chi connectivity index (χ4n) is 2.98. The zero-order valence-electron chi connectivity index (χ0n) is 16.8. The van der Waals surface area contributed by atoms with Crippen molar-refractivity contribution in [3.63, 3.8) is 0 Å². The van der Waals surface area contributed by atoms with Gasteiger partial charge in [0.1, 0.15) is 13.2 Å². The molecule has 8 nitrogen and oxygen atoms in total. The van der Waals surface area contributed by atoms with Gasteiger partial charge in [-0.05, 0) is 61.0 Å². The van der Waals surface area contributed by atoms with Gasteiger partial charge < -0.3 is 9.47 Å². The van der Waals surface area contributed by atoms with Crippen molar-refractivity contribution in [2.24, 2.45) is 0 Å². The molecule has 3 aromatic rings. The molecule has 168 valence electrons. The Hall–Kier alpha value is -2.95. The number of anilines is 2. The van der Waals surface area contributed by atoms with Crippen LogP contribution in [0.15, 0.2) is 70.5 Å². The molecule has 0 saturated carbocycles. The monoisotopic (exact) mass is 494 g/mol. The second-order valence-corrected chi connectivity index (χ2v) is 10.8. The van der Waals surface area contributed by atoms with Crippen molar-refractivity contribution >= 4 is 43.0 Å². The molecule has 0 atom stereocenters. The number of fused-ring (bicyclic) bond motifs is 1. The molecule has 0 aromatic heterocycles. The van der Waals surface area contributed by atoms with Crippen molar-refractivity contribution in [3.8, 4) is 11.5 Å². The first kappa shape index (κ1) is 22.3. The molecule has 0 saturated heterocycles. The quantitative estimate of drug-likeness (QED) is 0.535. The fourth-order valence-corrected chi connectivity index (χ4v) is 5.28. The molecular formula is C21H19ClN2O6S2. The van der Waals surface area contributed by atoms with Gasteiger partial charge >= 0.3 is 0 Å². The van der Waals surface area contributed by atoms with E-state index in [1.54, 1.807) is 12.1 Å². The highest BCUT2D eigenvalue weighted by molar-refractivity contribution is 7.93. The lowest BCUT2D eigenvalue weighted by Crippen LogP contribution is -2.17. The maximum Gasteiger partial charge on any atom is 0.262 e. The summed E-state index contributed by atoms with van der Waals surface area (Å²) in [6, 6.07) is 14.5. The normalized spacial score (nSPS) is 13.4. The summed E-state index contributed by atoms with van der Waals surface area (Å²) in [6.07, 6.45) is 0. The number of halogens is 1. The predicted octanol–water partition coefficient (Wildman–Crippen LogP) is 4.02. The number of rotatable bonds is 6. The van der Waals surface area contributed by atoms with Crippen molar-refractivity contribution in [3.05, 3.63) is 71.2 Å². The van der Waals surface area contributed by atoms with Crippen molar-refractivity contribution in [2.75, 3.05) is 22.7 Å². The maximum atomic E-state index is 12.7. The van der Waals surface area contributed by atoms with E-state index in [0.717, 1.165) is 5.56 Å². The average Bonchev–Trinajstić information content (AvgIpc) is 2.76. The van der Waals surface area contributed by atoms with E-state index < -0.39 is 20.0 Å². The van der Waals surface area contributed by atoms with Gasteiger partial charge in [-0.15, -0.1) is 0 Å². The highest BCUT2D eigenvalue weighted by Gasteiger charge is 2.20. The minimum atomic E-state index is -3.92. The third-order valence-corrected chi connectivity index (χ3v) is 7.85. The average molecular weight is 495 g/mol. The fraction of sp³-hybridized carbons (Fsp3) is 0.143. The van der Waals surface area contributed by atoms with Crippen LogP contribution >= 0.6 is 11.6 Å². The van der Waals surface area contributed by atoms with Gasteiger partial charge in [-0.3, -0.25) is 9.44 Å². The van der Waals surface area contributed by atoms with E-state index in [1.807, 2.05) is 6.92 Å². The van der Waals surface area contributed by atoms with Gasteiger partial charge in [0.05, 0.1) is 15.5 Å². The van der Waals surface area contributed by atoms with Crippen LogP contribution in [0, 0.1) is 6.92 Å². The molecule has 1 aliphatic rings. The molecule has 4 rings (SSSR count). The van der Waals surface area contributed by atoms with Gasteiger partial charge in [-0.2, -0.15) is 0 Å². The van der Waals surface area contributed by atoms with E-state index in [4.69, 9.17) is 21.1 Å². The molecule has 0 radical (unpaired) electrons. The van der Waals surface area contributed by atoms with Gasteiger partial charge in [0, 0.05) is 16.8 Å². The largest absolute Gasteiger partial charge is 0.486 e. The molecule has 1 aliphatic heterocycles. The van der Waals surface area contributed by atoms with E-state index in [2.05, 4.69) is 9.44 Å². The van der Waals surface area contributed by atoms with E-state index >= 15 is 0 Å². The number of hydrogen-bond acceptors (Lipinski definition) is 6. The zero-order valence-corrected chi connectivity index (χ0v) is 19.2. The third kappa shape index (κ3) is 4.77. The van der Waals surface area contributed by atoms with Gasteiger partial charge in [0.15, 0.2) is 11.5 Å². The van der Waals surface area contributed by atoms with Crippen molar-refractivity contribution in [1.82, 2.24) is 0 Å². The Morgan fingerprint density at radius 2 is 1.28 bits per heavy atom. The van der Waals surface area contributed by atoms with Crippen LogP contribution < -0.4 is 18.9 Å². The Kier molecular flexibility index (Phi) is 5.93. The summed E-state index contributed by atoms with van der Waals surface area (Å²) in [4.78, 5) is -0.0344. The number of hydrogen-bond donors (Lipinski definition) is 2. The number of ether oxygens (including phenoxy) is 2. The molecule has 0 fully saturated rings. The van der Waals surface area contributed by atoms with E-state index in [9.17, 15) is 16.8 Å². The standard InChI is InChI=1S/C21H19ClN2O6S2/c1-14-2-3-16(12-19(14)22)24-31(25,26)17-6-4-15(5-7-17)23-32(27,28)18-8-9-20-21(13-18)30-11-10-29-20/h2-9,12-13,23-24H,10-11H2,1H3. The summed E-state index contributed by atoms with van der Waals surface area (Å²) < 4.78 is 66.4. The molecule has 32 heavy (non-hydrogen) atoms. The summed E-state index contributed by atoms with van der Waals surface area (Å²) in [5, 5.41) is 0.439. The lowest BCUT2D eigenvalue weighted by molar-refractivity contribution is 0.171. The number of benzene rings is 3. The van der Waals surface area contributed by atoms with E-state index in [-0.39, 0.29) is 15.5 Å². The van der Waals surface area contributed by atoms with Crippen LogP contribution in [0.2, 0.25) is 5.02 Å². The first-order chi connectivity index (χ1) is 15.1. The Balaban J connectivity index is 1.51. The Bertz CT molecular complexity index is 1370. The van der Waals surface area contributed by atoms with E-state index in [0.29, 0.717) is 35.4 Å². The van der Waals surface area contributed by atoms with Gasteiger partial charge in [-0.1, -0.05) is 17.7 Å². The summed E-state index contributed by atoms with van der Waals surface area (Å²) >= 11 is 6.05. The van der Waals surface area contributed by atoms with Crippen LogP contribution in [0.4, 0.5) is 11.4 Å². The number of nitrogens with one attached hydrogen (secondary N) is 2. The Morgan fingerprint density at radius 3 is 1.97 bits per heavy atom. The highest BCUT2D eigenvalue weighted by Crippen LogP contribution is 2.33. The van der Waals surface area contributed by atoms with Crippen LogP contribution in [-0.2, 0) is 20.0 Å². The first-order valence-corrected chi connectivity index (χ1v) is 12.8. The molecule has 0 aliphatic carbocycles. The molecule has 0 unspecified atom stereocenters. The van der Waals surface area contributed by atoms with Crippen molar-refractivity contribution in [2.45, 2.75) is 16.7 Å². The lowest BCUT2D eigenvalue weighted by atomic mass is 10.2.